The minimum absolute atomic E-state index is 0.929. The van der Waals surface area contributed by atoms with Crippen LogP contribution in [0, 0.1) is 0 Å². The van der Waals surface area contributed by atoms with E-state index in [1.54, 1.807) is 19.6 Å². The Bertz CT molecular complexity index is 435. The molecule has 78 valence electrons. The van der Waals surface area contributed by atoms with Crippen LogP contribution in [-0.4, -0.2) is 16.7 Å². The second kappa shape index (κ2) is 4.17. The fraction of sp³-hybridized carbons (Fsp3) is 0.250. The van der Waals surface area contributed by atoms with Crippen molar-refractivity contribution in [2.45, 2.75) is 13.3 Å². The van der Waals surface area contributed by atoms with Gasteiger partial charge in [-0.25, -0.2) is 4.98 Å². The standard InChI is InChI=1S/C12H14N2O/c1-3-10-5-4-6-11(12(10)15-2)14-8-7-13-9-14/h4-9H,3H2,1-2H3. The van der Waals surface area contributed by atoms with Crippen molar-refractivity contribution < 1.29 is 4.74 Å². The molecule has 1 aromatic heterocycles. The van der Waals surface area contributed by atoms with Gasteiger partial charge in [0.15, 0.2) is 0 Å². The van der Waals surface area contributed by atoms with Gasteiger partial charge in [0.05, 0.1) is 19.1 Å². The Balaban J connectivity index is 2.56. The molecule has 0 unspecified atom stereocenters. The first-order chi connectivity index (χ1) is 7.36. The van der Waals surface area contributed by atoms with Crippen molar-refractivity contribution in [3.8, 4) is 11.4 Å². The molecule has 0 spiro atoms. The van der Waals surface area contributed by atoms with Gasteiger partial charge in [0.1, 0.15) is 5.75 Å². The summed E-state index contributed by atoms with van der Waals surface area (Å²) < 4.78 is 7.40. The van der Waals surface area contributed by atoms with E-state index < -0.39 is 0 Å². The molecule has 1 aromatic carbocycles. The maximum atomic E-state index is 5.44. The van der Waals surface area contributed by atoms with Gasteiger partial charge in [0, 0.05) is 12.4 Å². The molecule has 0 aliphatic rings. The lowest BCUT2D eigenvalue weighted by molar-refractivity contribution is 0.408. The Kier molecular flexibility index (Phi) is 2.72. The highest BCUT2D eigenvalue weighted by Gasteiger charge is 2.08. The number of hydrogen-bond donors (Lipinski definition) is 0. The monoisotopic (exact) mass is 202 g/mol. The van der Waals surface area contributed by atoms with Gasteiger partial charge in [-0.15, -0.1) is 0 Å². The lowest BCUT2D eigenvalue weighted by atomic mass is 10.1. The molecule has 0 amide bonds. The summed E-state index contributed by atoms with van der Waals surface area (Å²) in [5.74, 6) is 0.929. The highest BCUT2D eigenvalue weighted by Crippen LogP contribution is 2.27. The van der Waals surface area contributed by atoms with Crippen LogP contribution < -0.4 is 4.74 Å². The second-order valence-electron chi connectivity index (χ2n) is 3.29. The van der Waals surface area contributed by atoms with Crippen LogP contribution in [0.5, 0.6) is 5.75 Å². The van der Waals surface area contributed by atoms with Gasteiger partial charge in [-0.1, -0.05) is 19.1 Å². The van der Waals surface area contributed by atoms with Gasteiger partial charge in [-0.2, -0.15) is 0 Å². The Hall–Kier alpha value is -1.77. The first kappa shape index (κ1) is 9.77. The van der Waals surface area contributed by atoms with Crippen LogP contribution in [0.15, 0.2) is 36.9 Å². The molecule has 3 heteroatoms. The zero-order valence-corrected chi connectivity index (χ0v) is 8.97. The van der Waals surface area contributed by atoms with Crippen LogP contribution in [0.1, 0.15) is 12.5 Å². The van der Waals surface area contributed by atoms with E-state index in [-0.39, 0.29) is 0 Å². The summed E-state index contributed by atoms with van der Waals surface area (Å²) in [4.78, 5) is 4.04. The largest absolute Gasteiger partial charge is 0.494 e. The third-order valence-electron chi connectivity index (χ3n) is 2.44. The topological polar surface area (TPSA) is 27.1 Å². The molecule has 3 nitrogen and oxygen atoms in total. The van der Waals surface area contributed by atoms with Crippen molar-refractivity contribution in [1.82, 2.24) is 9.55 Å². The molecule has 15 heavy (non-hydrogen) atoms. The Labute approximate surface area is 89.3 Å². The Morgan fingerprint density at radius 2 is 2.27 bits per heavy atom. The average Bonchev–Trinajstić information content (AvgIpc) is 2.81. The molecule has 2 aromatic rings. The quantitative estimate of drug-likeness (QED) is 0.764. The fourth-order valence-corrected chi connectivity index (χ4v) is 1.69. The van der Waals surface area contributed by atoms with E-state index >= 15 is 0 Å². The predicted molar refractivity (Wildman–Crippen MR) is 59.5 cm³/mol. The molecule has 0 saturated heterocycles. The molecular weight excluding hydrogens is 188 g/mol. The van der Waals surface area contributed by atoms with Gasteiger partial charge < -0.3 is 9.30 Å². The van der Waals surface area contributed by atoms with Crippen molar-refractivity contribution in [1.29, 1.82) is 0 Å². The molecule has 0 aliphatic heterocycles. The van der Waals surface area contributed by atoms with Crippen molar-refractivity contribution >= 4 is 0 Å². The molecule has 0 saturated carbocycles. The second-order valence-corrected chi connectivity index (χ2v) is 3.29. The van der Waals surface area contributed by atoms with Crippen LogP contribution in [-0.2, 0) is 6.42 Å². The zero-order valence-electron chi connectivity index (χ0n) is 8.97. The van der Waals surface area contributed by atoms with Crippen molar-refractivity contribution in [2.75, 3.05) is 7.11 Å². The molecule has 0 atom stereocenters. The third-order valence-corrected chi connectivity index (χ3v) is 2.44. The van der Waals surface area contributed by atoms with E-state index in [2.05, 4.69) is 18.0 Å². The third kappa shape index (κ3) is 1.73. The Morgan fingerprint density at radius 3 is 2.87 bits per heavy atom. The van der Waals surface area contributed by atoms with E-state index in [0.29, 0.717) is 0 Å². The van der Waals surface area contributed by atoms with Gasteiger partial charge in [-0.3, -0.25) is 0 Å². The van der Waals surface area contributed by atoms with Gasteiger partial charge in [0.2, 0.25) is 0 Å². The van der Waals surface area contributed by atoms with Gasteiger partial charge in [0.25, 0.3) is 0 Å². The summed E-state index contributed by atoms with van der Waals surface area (Å²) in [7, 11) is 1.70. The maximum absolute atomic E-state index is 5.44. The van der Waals surface area contributed by atoms with Crippen LogP contribution in [0.4, 0.5) is 0 Å². The molecule has 0 radical (unpaired) electrons. The summed E-state index contributed by atoms with van der Waals surface area (Å²) in [5.41, 5.74) is 2.25. The number of imidazole rings is 1. The number of aromatic nitrogens is 2. The van der Waals surface area contributed by atoms with Crippen LogP contribution >= 0.6 is 0 Å². The lowest BCUT2D eigenvalue weighted by Gasteiger charge is -2.12. The molecule has 0 bridgehead atoms. The summed E-state index contributed by atoms with van der Waals surface area (Å²) >= 11 is 0. The number of hydrogen-bond acceptors (Lipinski definition) is 2. The smallest absolute Gasteiger partial charge is 0.146 e. The summed E-state index contributed by atoms with van der Waals surface area (Å²) in [6, 6.07) is 6.15. The van der Waals surface area contributed by atoms with E-state index in [9.17, 15) is 0 Å². The number of aryl methyl sites for hydroxylation is 1. The number of rotatable bonds is 3. The first-order valence-electron chi connectivity index (χ1n) is 5.01. The minimum Gasteiger partial charge on any atom is -0.494 e. The number of methoxy groups -OCH3 is 1. The number of benzene rings is 1. The molecule has 0 N–H and O–H groups in total. The molecule has 0 aliphatic carbocycles. The Morgan fingerprint density at radius 1 is 1.40 bits per heavy atom. The molecule has 2 rings (SSSR count). The fourth-order valence-electron chi connectivity index (χ4n) is 1.69. The van der Waals surface area contributed by atoms with Crippen LogP contribution in [0.3, 0.4) is 0 Å². The van der Waals surface area contributed by atoms with Crippen molar-refractivity contribution in [3.05, 3.63) is 42.5 Å². The normalized spacial score (nSPS) is 10.3. The lowest BCUT2D eigenvalue weighted by Crippen LogP contribution is -1.98. The number of nitrogens with zero attached hydrogens (tertiary/aromatic N) is 2. The van der Waals surface area contributed by atoms with Crippen LogP contribution in [0.25, 0.3) is 5.69 Å². The SMILES string of the molecule is CCc1cccc(-n2ccnc2)c1OC. The molecule has 0 fully saturated rings. The van der Waals surface area contributed by atoms with E-state index in [0.717, 1.165) is 17.9 Å². The van der Waals surface area contributed by atoms with Gasteiger partial charge in [-0.05, 0) is 18.1 Å². The van der Waals surface area contributed by atoms with E-state index in [4.69, 9.17) is 4.74 Å². The minimum atomic E-state index is 0.929. The van der Waals surface area contributed by atoms with Crippen molar-refractivity contribution in [3.63, 3.8) is 0 Å². The summed E-state index contributed by atoms with van der Waals surface area (Å²) in [6.07, 6.45) is 6.42. The molecule has 1 heterocycles. The molecular formula is C12H14N2O. The number of ether oxygens (including phenoxy) is 1. The van der Waals surface area contributed by atoms with E-state index in [1.165, 1.54) is 5.56 Å². The maximum Gasteiger partial charge on any atom is 0.146 e. The highest BCUT2D eigenvalue weighted by atomic mass is 16.5. The number of para-hydroxylation sites is 1. The first-order valence-corrected chi connectivity index (χ1v) is 5.01. The average molecular weight is 202 g/mol. The summed E-state index contributed by atoms with van der Waals surface area (Å²) in [5, 5.41) is 0. The van der Waals surface area contributed by atoms with Crippen molar-refractivity contribution in [2.24, 2.45) is 0 Å². The van der Waals surface area contributed by atoms with E-state index in [1.807, 2.05) is 22.9 Å². The van der Waals surface area contributed by atoms with Gasteiger partial charge >= 0.3 is 0 Å². The predicted octanol–water partition coefficient (Wildman–Crippen LogP) is 2.44. The summed E-state index contributed by atoms with van der Waals surface area (Å²) in [6.45, 7) is 2.12. The highest BCUT2D eigenvalue weighted by molar-refractivity contribution is 5.51. The zero-order chi connectivity index (χ0) is 10.7. The van der Waals surface area contributed by atoms with Crippen LogP contribution in [0.2, 0.25) is 0 Å².